The minimum absolute atomic E-state index is 0.0331. The molecular formula is C23H20ClN3O2S2. The maximum absolute atomic E-state index is 13.3. The molecule has 4 rings (SSSR count). The Morgan fingerprint density at radius 1 is 1.16 bits per heavy atom. The number of hydrogen-bond donors (Lipinski definition) is 0. The van der Waals surface area contributed by atoms with Crippen molar-refractivity contribution in [1.82, 2.24) is 9.97 Å². The SMILES string of the molecule is COc1ccc(SCC(=O)N(Cc2ccccn2)c2nc3c(C)c(Cl)ccc3s2)cc1. The van der Waals surface area contributed by atoms with Gasteiger partial charge in [0.15, 0.2) is 5.13 Å². The summed E-state index contributed by atoms with van der Waals surface area (Å²) in [5.74, 6) is 1.04. The molecule has 4 aromatic rings. The van der Waals surface area contributed by atoms with Crippen molar-refractivity contribution in [3.63, 3.8) is 0 Å². The zero-order valence-corrected chi connectivity index (χ0v) is 19.4. The largest absolute Gasteiger partial charge is 0.497 e. The van der Waals surface area contributed by atoms with Crippen molar-refractivity contribution < 1.29 is 9.53 Å². The highest BCUT2D eigenvalue weighted by molar-refractivity contribution is 8.00. The molecule has 0 aliphatic carbocycles. The molecule has 0 atom stereocenters. The summed E-state index contributed by atoms with van der Waals surface area (Å²) < 4.78 is 6.20. The van der Waals surface area contributed by atoms with Crippen LogP contribution in [-0.2, 0) is 11.3 Å². The monoisotopic (exact) mass is 469 g/mol. The number of amides is 1. The van der Waals surface area contributed by atoms with Crippen molar-refractivity contribution in [2.24, 2.45) is 0 Å². The van der Waals surface area contributed by atoms with E-state index in [0.717, 1.165) is 32.1 Å². The van der Waals surface area contributed by atoms with Gasteiger partial charge in [-0.15, -0.1) is 11.8 Å². The lowest BCUT2D eigenvalue weighted by Crippen LogP contribution is -2.32. The molecule has 0 aliphatic heterocycles. The van der Waals surface area contributed by atoms with E-state index in [9.17, 15) is 4.79 Å². The Hall–Kier alpha value is -2.61. The number of hydrogen-bond acceptors (Lipinski definition) is 6. The van der Waals surface area contributed by atoms with Crippen molar-refractivity contribution in [1.29, 1.82) is 0 Å². The fourth-order valence-corrected chi connectivity index (χ4v) is 4.98. The molecule has 0 N–H and O–H groups in total. The van der Waals surface area contributed by atoms with Gasteiger partial charge < -0.3 is 4.74 Å². The van der Waals surface area contributed by atoms with Crippen LogP contribution >= 0.6 is 34.7 Å². The number of thioether (sulfide) groups is 1. The number of fused-ring (bicyclic) bond motifs is 1. The molecule has 1 amide bonds. The summed E-state index contributed by atoms with van der Waals surface area (Å²) in [4.78, 5) is 25.1. The second-order valence-electron chi connectivity index (χ2n) is 6.78. The van der Waals surface area contributed by atoms with Crippen LogP contribution < -0.4 is 9.64 Å². The normalized spacial score (nSPS) is 10.9. The van der Waals surface area contributed by atoms with Crippen LogP contribution in [0.4, 0.5) is 5.13 Å². The first-order valence-corrected chi connectivity index (χ1v) is 11.8. The Morgan fingerprint density at radius 2 is 1.97 bits per heavy atom. The van der Waals surface area contributed by atoms with Gasteiger partial charge in [-0.1, -0.05) is 29.0 Å². The Balaban J connectivity index is 1.60. The van der Waals surface area contributed by atoms with Gasteiger partial charge in [0.25, 0.3) is 0 Å². The number of carbonyl (C=O) groups excluding carboxylic acids is 1. The minimum atomic E-state index is -0.0331. The lowest BCUT2D eigenvalue weighted by Gasteiger charge is -2.19. The highest BCUT2D eigenvalue weighted by Gasteiger charge is 2.22. The number of methoxy groups -OCH3 is 1. The number of thiazole rings is 1. The molecule has 0 unspecified atom stereocenters. The van der Waals surface area contributed by atoms with Crippen LogP contribution in [0.2, 0.25) is 5.02 Å². The van der Waals surface area contributed by atoms with Crippen LogP contribution in [0.5, 0.6) is 5.75 Å². The number of aromatic nitrogens is 2. The van der Waals surface area contributed by atoms with Gasteiger partial charge in [-0.2, -0.15) is 0 Å². The summed E-state index contributed by atoms with van der Waals surface area (Å²) in [7, 11) is 1.63. The molecule has 0 saturated heterocycles. The summed E-state index contributed by atoms with van der Waals surface area (Å²) in [6.07, 6.45) is 1.73. The van der Waals surface area contributed by atoms with Gasteiger partial charge in [-0.3, -0.25) is 14.7 Å². The van der Waals surface area contributed by atoms with E-state index in [1.807, 2.05) is 61.5 Å². The van der Waals surface area contributed by atoms with Gasteiger partial charge in [0.05, 0.1) is 35.3 Å². The van der Waals surface area contributed by atoms with Crippen LogP contribution in [0.25, 0.3) is 10.2 Å². The van der Waals surface area contributed by atoms with Crippen molar-refractivity contribution in [2.45, 2.75) is 18.4 Å². The Morgan fingerprint density at radius 3 is 2.68 bits per heavy atom. The number of ether oxygens (including phenoxy) is 1. The van der Waals surface area contributed by atoms with E-state index in [4.69, 9.17) is 21.3 Å². The molecular weight excluding hydrogens is 450 g/mol. The average molecular weight is 470 g/mol. The van der Waals surface area contributed by atoms with Gasteiger partial charge in [-0.05, 0) is 61.0 Å². The van der Waals surface area contributed by atoms with Gasteiger partial charge in [0.2, 0.25) is 5.91 Å². The quantitative estimate of drug-likeness (QED) is 0.311. The standard InChI is InChI=1S/C23H20ClN3O2S2/c1-15-19(24)10-11-20-22(15)26-23(31-20)27(13-16-5-3-4-12-25-16)21(28)14-30-18-8-6-17(29-2)7-9-18/h3-12H,13-14H2,1-2H3. The molecule has 0 aliphatic rings. The third-order valence-corrected chi connectivity index (χ3v) is 7.19. The first kappa shape index (κ1) is 21.6. The summed E-state index contributed by atoms with van der Waals surface area (Å²) in [6, 6.07) is 17.2. The highest BCUT2D eigenvalue weighted by atomic mass is 35.5. The number of rotatable bonds is 7. The molecule has 2 aromatic heterocycles. The number of anilines is 1. The van der Waals surface area contributed by atoms with Gasteiger partial charge in [-0.25, -0.2) is 4.98 Å². The first-order chi connectivity index (χ1) is 15.0. The Bertz CT molecular complexity index is 1200. The van der Waals surface area contributed by atoms with E-state index >= 15 is 0 Å². The molecule has 5 nitrogen and oxygen atoms in total. The Labute approximate surface area is 194 Å². The number of carbonyl (C=O) groups is 1. The summed E-state index contributed by atoms with van der Waals surface area (Å²) in [5, 5.41) is 1.31. The topological polar surface area (TPSA) is 55.3 Å². The van der Waals surface area contributed by atoms with Crippen molar-refractivity contribution >= 4 is 56.0 Å². The highest BCUT2D eigenvalue weighted by Crippen LogP contribution is 2.34. The van der Waals surface area contributed by atoms with Crippen LogP contribution in [0.3, 0.4) is 0 Å². The first-order valence-electron chi connectivity index (χ1n) is 9.58. The molecule has 158 valence electrons. The average Bonchev–Trinajstić information content (AvgIpc) is 3.24. The second kappa shape index (κ2) is 9.68. The number of halogens is 1. The zero-order chi connectivity index (χ0) is 21.8. The molecule has 2 heterocycles. The second-order valence-corrected chi connectivity index (χ2v) is 9.25. The minimum Gasteiger partial charge on any atom is -0.497 e. The maximum Gasteiger partial charge on any atom is 0.239 e. The summed E-state index contributed by atoms with van der Waals surface area (Å²) in [5.41, 5.74) is 2.55. The Kier molecular flexibility index (Phi) is 6.75. The van der Waals surface area contributed by atoms with Crippen molar-refractivity contribution in [2.75, 3.05) is 17.8 Å². The van der Waals surface area contributed by atoms with Crippen LogP contribution in [0.15, 0.2) is 65.7 Å². The predicted molar refractivity (Wildman–Crippen MR) is 129 cm³/mol. The zero-order valence-electron chi connectivity index (χ0n) is 17.0. The van der Waals surface area contributed by atoms with Crippen LogP contribution in [0, 0.1) is 6.92 Å². The molecule has 0 fully saturated rings. The number of aryl methyl sites for hydroxylation is 1. The van der Waals surface area contributed by atoms with Gasteiger partial charge >= 0.3 is 0 Å². The third kappa shape index (κ3) is 5.01. The fraction of sp³-hybridized carbons (Fsp3) is 0.174. The number of pyridine rings is 1. The van der Waals surface area contributed by atoms with E-state index in [-0.39, 0.29) is 11.7 Å². The summed E-state index contributed by atoms with van der Waals surface area (Å²) in [6.45, 7) is 2.30. The maximum atomic E-state index is 13.3. The summed E-state index contributed by atoms with van der Waals surface area (Å²) >= 11 is 9.24. The van der Waals surface area contributed by atoms with E-state index < -0.39 is 0 Å². The predicted octanol–water partition coefficient (Wildman–Crippen LogP) is 5.99. The molecule has 0 saturated carbocycles. The van der Waals surface area contributed by atoms with E-state index in [2.05, 4.69) is 4.98 Å². The van der Waals surface area contributed by atoms with Crippen molar-refractivity contribution in [3.8, 4) is 5.75 Å². The van der Waals surface area contributed by atoms with E-state index in [0.29, 0.717) is 16.7 Å². The van der Waals surface area contributed by atoms with Gasteiger partial charge in [0.1, 0.15) is 5.75 Å². The number of benzene rings is 2. The van der Waals surface area contributed by atoms with E-state index in [1.54, 1.807) is 18.2 Å². The molecule has 0 radical (unpaired) electrons. The fourth-order valence-electron chi connectivity index (χ4n) is 3.02. The molecule has 2 aromatic carbocycles. The van der Waals surface area contributed by atoms with E-state index in [1.165, 1.54) is 23.1 Å². The lowest BCUT2D eigenvalue weighted by molar-refractivity contribution is -0.116. The van der Waals surface area contributed by atoms with Gasteiger partial charge in [0, 0.05) is 16.1 Å². The molecule has 31 heavy (non-hydrogen) atoms. The number of nitrogens with zero attached hydrogens (tertiary/aromatic N) is 3. The molecule has 0 spiro atoms. The lowest BCUT2D eigenvalue weighted by atomic mass is 10.2. The molecule has 8 heteroatoms. The third-order valence-electron chi connectivity index (χ3n) is 4.74. The van der Waals surface area contributed by atoms with Crippen LogP contribution in [0.1, 0.15) is 11.3 Å². The smallest absolute Gasteiger partial charge is 0.239 e. The van der Waals surface area contributed by atoms with Crippen LogP contribution in [-0.4, -0.2) is 28.7 Å². The van der Waals surface area contributed by atoms with Crippen molar-refractivity contribution in [3.05, 3.63) is 77.1 Å². The molecule has 0 bridgehead atoms.